The SMILES string of the molecule is O=C(C#Cc1ccc(C(F)(F)F)cc1)N1CCc2ccccc2C1. The molecule has 1 amide bonds. The fourth-order valence-electron chi connectivity index (χ4n) is 2.62. The Balaban J connectivity index is 1.69. The van der Waals surface area contributed by atoms with Gasteiger partial charge in [0.15, 0.2) is 0 Å². The molecule has 3 rings (SSSR count). The number of carbonyl (C=O) groups excluding carboxylic acids is 1. The molecule has 0 unspecified atom stereocenters. The van der Waals surface area contributed by atoms with E-state index in [4.69, 9.17) is 0 Å². The van der Waals surface area contributed by atoms with Crippen molar-refractivity contribution >= 4 is 5.91 Å². The van der Waals surface area contributed by atoms with Gasteiger partial charge in [0.05, 0.1) is 5.56 Å². The summed E-state index contributed by atoms with van der Waals surface area (Å²) in [5, 5.41) is 0. The average molecular weight is 329 g/mol. The lowest BCUT2D eigenvalue weighted by atomic mass is 10.00. The molecule has 1 aliphatic rings. The van der Waals surface area contributed by atoms with Crippen LogP contribution in [0, 0.1) is 11.8 Å². The minimum Gasteiger partial charge on any atom is -0.327 e. The Morgan fingerprint density at radius 1 is 1.00 bits per heavy atom. The maximum atomic E-state index is 12.5. The van der Waals surface area contributed by atoms with Crippen LogP contribution in [0.25, 0.3) is 0 Å². The van der Waals surface area contributed by atoms with Gasteiger partial charge in [-0.3, -0.25) is 4.79 Å². The van der Waals surface area contributed by atoms with Gasteiger partial charge in [0.1, 0.15) is 0 Å². The van der Waals surface area contributed by atoms with Crippen LogP contribution in [-0.2, 0) is 23.9 Å². The van der Waals surface area contributed by atoms with Gasteiger partial charge in [-0.1, -0.05) is 30.2 Å². The van der Waals surface area contributed by atoms with Crippen molar-refractivity contribution in [1.29, 1.82) is 0 Å². The average Bonchev–Trinajstić information content (AvgIpc) is 2.59. The molecule has 0 spiro atoms. The molecule has 0 saturated heterocycles. The molecule has 1 aliphatic heterocycles. The summed E-state index contributed by atoms with van der Waals surface area (Å²) < 4.78 is 37.5. The lowest BCUT2D eigenvalue weighted by Crippen LogP contribution is -2.35. The first-order chi connectivity index (χ1) is 11.4. The van der Waals surface area contributed by atoms with Crippen molar-refractivity contribution in [3.05, 3.63) is 70.8 Å². The zero-order valence-electron chi connectivity index (χ0n) is 12.7. The van der Waals surface area contributed by atoms with Gasteiger partial charge in [0.25, 0.3) is 5.91 Å². The lowest BCUT2D eigenvalue weighted by Gasteiger charge is -2.27. The van der Waals surface area contributed by atoms with Gasteiger partial charge in [-0.15, -0.1) is 0 Å². The number of carbonyl (C=O) groups is 1. The molecule has 0 aromatic heterocycles. The third kappa shape index (κ3) is 3.60. The Kier molecular flexibility index (Phi) is 4.30. The summed E-state index contributed by atoms with van der Waals surface area (Å²) in [4.78, 5) is 13.8. The lowest BCUT2D eigenvalue weighted by molar-refractivity contribution is -0.137. The minimum atomic E-state index is -4.37. The quantitative estimate of drug-likeness (QED) is 0.676. The predicted octanol–water partition coefficient (Wildman–Crippen LogP) is 3.64. The first-order valence-corrected chi connectivity index (χ1v) is 7.48. The van der Waals surface area contributed by atoms with E-state index in [0.29, 0.717) is 18.7 Å². The minimum absolute atomic E-state index is 0.315. The number of amides is 1. The third-order valence-electron chi connectivity index (χ3n) is 3.94. The van der Waals surface area contributed by atoms with Crippen LogP contribution in [0.15, 0.2) is 48.5 Å². The Bertz CT molecular complexity index is 813. The monoisotopic (exact) mass is 329 g/mol. The van der Waals surface area contributed by atoms with Crippen molar-refractivity contribution in [3.63, 3.8) is 0 Å². The highest BCUT2D eigenvalue weighted by molar-refractivity contribution is 5.94. The molecule has 0 fully saturated rings. The number of hydrogen-bond acceptors (Lipinski definition) is 1. The van der Waals surface area contributed by atoms with Crippen LogP contribution >= 0.6 is 0 Å². The number of hydrogen-bond donors (Lipinski definition) is 0. The number of alkyl halides is 3. The standard InChI is InChI=1S/C19H14F3NO/c20-19(21,22)17-8-5-14(6-9-17)7-10-18(24)23-12-11-15-3-1-2-4-16(15)13-23/h1-6,8-9H,11-13H2. The summed E-state index contributed by atoms with van der Waals surface area (Å²) in [6, 6.07) is 12.4. The predicted molar refractivity (Wildman–Crippen MR) is 83.9 cm³/mol. The van der Waals surface area contributed by atoms with Gasteiger partial charge in [0.2, 0.25) is 0 Å². The smallest absolute Gasteiger partial charge is 0.327 e. The second-order valence-corrected chi connectivity index (χ2v) is 5.57. The molecule has 2 aromatic carbocycles. The molecule has 5 heteroatoms. The van der Waals surface area contributed by atoms with Gasteiger partial charge < -0.3 is 4.90 Å². The van der Waals surface area contributed by atoms with E-state index in [9.17, 15) is 18.0 Å². The molecule has 0 N–H and O–H groups in total. The summed E-state index contributed by atoms with van der Waals surface area (Å²) >= 11 is 0. The summed E-state index contributed by atoms with van der Waals surface area (Å²) in [7, 11) is 0. The van der Waals surface area contributed by atoms with Crippen molar-refractivity contribution in [1.82, 2.24) is 4.90 Å². The summed E-state index contributed by atoms with van der Waals surface area (Å²) in [6.45, 7) is 1.11. The molecular formula is C19H14F3NO. The van der Waals surface area contributed by atoms with Crippen LogP contribution < -0.4 is 0 Å². The molecule has 122 valence electrons. The van der Waals surface area contributed by atoms with Gasteiger partial charge >= 0.3 is 6.18 Å². The zero-order chi connectivity index (χ0) is 17.2. The first-order valence-electron chi connectivity index (χ1n) is 7.48. The van der Waals surface area contributed by atoms with E-state index < -0.39 is 11.7 Å². The van der Waals surface area contributed by atoms with Crippen LogP contribution in [0.2, 0.25) is 0 Å². The van der Waals surface area contributed by atoms with Gasteiger partial charge in [0, 0.05) is 24.6 Å². The second-order valence-electron chi connectivity index (χ2n) is 5.57. The zero-order valence-corrected chi connectivity index (χ0v) is 12.7. The van der Waals surface area contributed by atoms with Crippen LogP contribution in [-0.4, -0.2) is 17.4 Å². The summed E-state index contributed by atoms with van der Waals surface area (Å²) in [5.41, 5.74) is 1.99. The molecule has 0 atom stereocenters. The van der Waals surface area contributed by atoms with Crippen molar-refractivity contribution in [2.24, 2.45) is 0 Å². The maximum absolute atomic E-state index is 12.5. The van der Waals surface area contributed by atoms with Crippen LogP contribution in [0.4, 0.5) is 13.2 Å². The van der Waals surface area contributed by atoms with E-state index >= 15 is 0 Å². The normalized spacial score (nSPS) is 13.7. The van der Waals surface area contributed by atoms with Crippen molar-refractivity contribution in [3.8, 4) is 11.8 Å². The van der Waals surface area contributed by atoms with E-state index in [1.807, 2.05) is 24.3 Å². The largest absolute Gasteiger partial charge is 0.416 e. The molecule has 0 aliphatic carbocycles. The van der Waals surface area contributed by atoms with E-state index in [1.165, 1.54) is 17.7 Å². The highest BCUT2D eigenvalue weighted by atomic mass is 19.4. The molecule has 0 saturated carbocycles. The van der Waals surface area contributed by atoms with E-state index in [1.54, 1.807) is 4.90 Å². The van der Waals surface area contributed by atoms with Crippen LogP contribution in [0.1, 0.15) is 22.3 Å². The molecule has 0 bridgehead atoms. The Labute approximate surface area is 137 Å². The summed E-state index contributed by atoms with van der Waals surface area (Å²) in [6.07, 6.45) is -3.59. The number of nitrogens with zero attached hydrogens (tertiary/aromatic N) is 1. The Hall–Kier alpha value is -2.74. The van der Waals surface area contributed by atoms with Crippen LogP contribution in [0.3, 0.4) is 0 Å². The topological polar surface area (TPSA) is 20.3 Å². The van der Waals surface area contributed by atoms with E-state index in [2.05, 4.69) is 11.8 Å². The second kappa shape index (κ2) is 6.40. The Morgan fingerprint density at radius 3 is 2.33 bits per heavy atom. The maximum Gasteiger partial charge on any atom is 0.416 e. The van der Waals surface area contributed by atoms with Gasteiger partial charge in [-0.05, 0) is 41.8 Å². The number of halogens is 3. The fraction of sp³-hybridized carbons (Fsp3) is 0.211. The Morgan fingerprint density at radius 2 is 1.67 bits per heavy atom. The molecule has 2 aromatic rings. The van der Waals surface area contributed by atoms with Crippen LogP contribution in [0.5, 0.6) is 0 Å². The number of fused-ring (bicyclic) bond motifs is 1. The number of rotatable bonds is 0. The van der Waals surface area contributed by atoms with Gasteiger partial charge in [-0.25, -0.2) is 0 Å². The number of benzene rings is 2. The van der Waals surface area contributed by atoms with Crippen molar-refractivity contribution in [2.45, 2.75) is 19.1 Å². The molecule has 2 nitrogen and oxygen atoms in total. The first kappa shape index (κ1) is 16.1. The van der Waals surface area contributed by atoms with E-state index in [0.717, 1.165) is 24.1 Å². The highest BCUT2D eigenvalue weighted by Gasteiger charge is 2.29. The summed E-state index contributed by atoms with van der Waals surface area (Å²) in [5.74, 6) is 4.83. The van der Waals surface area contributed by atoms with Crippen molar-refractivity contribution in [2.75, 3.05) is 6.54 Å². The fourth-order valence-corrected chi connectivity index (χ4v) is 2.62. The molecule has 1 heterocycles. The molecule has 0 radical (unpaired) electrons. The van der Waals surface area contributed by atoms with Crippen molar-refractivity contribution < 1.29 is 18.0 Å². The highest BCUT2D eigenvalue weighted by Crippen LogP contribution is 2.28. The third-order valence-corrected chi connectivity index (χ3v) is 3.94. The van der Waals surface area contributed by atoms with E-state index in [-0.39, 0.29) is 5.91 Å². The molecular weight excluding hydrogens is 315 g/mol. The van der Waals surface area contributed by atoms with Gasteiger partial charge in [-0.2, -0.15) is 13.2 Å². The molecule has 24 heavy (non-hydrogen) atoms.